The van der Waals surface area contributed by atoms with Crippen LogP contribution in [0.25, 0.3) is 0 Å². The monoisotopic (exact) mass is 394 g/mol. The Balaban J connectivity index is 1.78. The number of nitrogens with one attached hydrogen (secondary N) is 2. The van der Waals surface area contributed by atoms with E-state index in [0.717, 1.165) is 18.9 Å². The predicted octanol–water partition coefficient (Wildman–Crippen LogP) is 2.77. The Morgan fingerprint density at radius 2 is 2.18 bits per heavy atom. The maximum atomic E-state index is 13.2. The summed E-state index contributed by atoms with van der Waals surface area (Å²) in [5.74, 6) is 0.907. The Morgan fingerprint density at radius 1 is 1.43 bits per heavy atom. The first-order valence-electron chi connectivity index (χ1n) is 9.53. The molecule has 1 aromatic carbocycles. The summed E-state index contributed by atoms with van der Waals surface area (Å²) in [5, 5.41) is 6.17. The molecule has 2 N–H and O–H groups in total. The molecule has 7 nitrogen and oxygen atoms in total. The second kappa shape index (κ2) is 9.61. The van der Waals surface area contributed by atoms with Gasteiger partial charge in [0.05, 0.1) is 12.6 Å². The molecule has 1 heterocycles. The maximum absolute atomic E-state index is 13.2. The van der Waals surface area contributed by atoms with Crippen LogP contribution in [0.3, 0.4) is 0 Å². The fraction of sp³-hybridized carbons (Fsp3) is 0.600. The third kappa shape index (κ3) is 7.25. The fourth-order valence-corrected chi connectivity index (χ4v) is 2.93. The van der Waals surface area contributed by atoms with E-state index < -0.39 is 11.7 Å². The number of hydrogen-bond acceptors (Lipinski definition) is 4. The Morgan fingerprint density at radius 3 is 2.82 bits per heavy atom. The number of aliphatic imine (C=N–C) groups is 1. The highest BCUT2D eigenvalue weighted by molar-refractivity contribution is 5.80. The average molecular weight is 394 g/mol. The summed E-state index contributed by atoms with van der Waals surface area (Å²) in [5.41, 5.74) is -0.516. The van der Waals surface area contributed by atoms with Gasteiger partial charge in [0.2, 0.25) is 0 Å². The van der Waals surface area contributed by atoms with Crippen LogP contribution < -0.4 is 15.4 Å². The molecule has 0 spiro atoms. The lowest BCUT2D eigenvalue weighted by atomic mass is 10.2. The summed E-state index contributed by atoms with van der Waals surface area (Å²) in [6, 6.07) is 6.09. The van der Waals surface area contributed by atoms with Gasteiger partial charge in [-0.3, -0.25) is 4.99 Å². The second-order valence-corrected chi connectivity index (χ2v) is 7.89. The molecule has 28 heavy (non-hydrogen) atoms. The van der Waals surface area contributed by atoms with E-state index in [2.05, 4.69) is 20.5 Å². The van der Waals surface area contributed by atoms with Crippen molar-refractivity contribution in [1.29, 1.82) is 0 Å². The van der Waals surface area contributed by atoms with Crippen LogP contribution >= 0.6 is 0 Å². The van der Waals surface area contributed by atoms with Crippen molar-refractivity contribution >= 4 is 12.1 Å². The Bertz CT molecular complexity index is 690. The Labute approximate surface area is 166 Å². The minimum absolute atomic E-state index is 0.00867. The summed E-state index contributed by atoms with van der Waals surface area (Å²) >= 11 is 0. The van der Waals surface area contributed by atoms with Crippen LogP contribution in [-0.2, 0) is 4.74 Å². The van der Waals surface area contributed by atoms with Gasteiger partial charge in [-0.05, 0) is 46.2 Å². The van der Waals surface area contributed by atoms with Gasteiger partial charge in [-0.2, -0.15) is 0 Å². The van der Waals surface area contributed by atoms with Gasteiger partial charge < -0.3 is 25.0 Å². The van der Waals surface area contributed by atoms with Crippen LogP contribution in [-0.4, -0.2) is 61.4 Å². The van der Waals surface area contributed by atoms with Gasteiger partial charge in [-0.15, -0.1) is 0 Å². The normalized spacial score (nSPS) is 18.6. The molecule has 2 unspecified atom stereocenters. The van der Waals surface area contributed by atoms with E-state index in [9.17, 15) is 9.18 Å². The smallest absolute Gasteiger partial charge is 0.407 e. The lowest BCUT2D eigenvalue weighted by Crippen LogP contribution is -2.46. The molecule has 1 fully saturated rings. The summed E-state index contributed by atoms with van der Waals surface area (Å²) in [6.45, 7) is 9.37. The number of benzene rings is 1. The van der Waals surface area contributed by atoms with Crippen LogP contribution in [0.15, 0.2) is 29.3 Å². The van der Waals surface area contributed by atoms with E-state index in [-0.39, 0.29) is 18.0 Å². The predicted molar refractivity (Wildman–Crippen MR) is 107 cm³/mol. The third-order valence-electron chi connectivity index (χ3n) is 4.10. The van der Waals surface area contributed by atoms with E-state index in [4.69, 9.17) is 9.47 Å². The van der Waals surface area contributed by atoms with Crippen molar-refractivity contribution < 1.29 is 18.7 Å². The molecule has 1 aliphatic heterocycles. The van der Waals surface area contributed by atoms with Crippen molar-refractivity contribution in [2.45, 2.75) is 51.9 Å². The van der Waals surface area contributed by atoms with E-state index in [1.807, 2.05) is 27.7 Å². The number of ether oxygens (including phenoxy) is 2. The van der Waals surface area contributed by atoms with Crippen molar-refractivity contribution in [3.63, 3.8) is 0 Å². The highest BCUT2D eigenvalue weighted by Gasteiger charge is 2.28. The summed E-state index contributed by atoms with van der Waals surface area (Å²) in [7, 11) is 1.72. The van der Waals surface area contributed by atoms with E-state index in [0.29, 0.717) is 18.8 Å². The van der Waals surface area contributed by atoms with Gasteiger partial charge in [0.25, 0.3) is 0 Å². The summed E-state index contributed by atoms with van der Waals surface area (Å²) < 4.78 is 24.3. The molecule has 0 saturated carbocycles. The minimum Gasteiger partial charge on any atom is -0.489 e. The molecule has 1 saturated heterocycles. The highest BCUT2D eigenvalue weighted by Crippen LogP contribution is 2.14. The van der Waals surface area contributed by atoms with E-state index in [1.165, 1.54) is 12.1 Å². The quantitative estimate of drug-likeness (QED) is 0.593. The topological polar surface area (TPSA) is 75.2 Å². The molecular weight excluding hydrogens is 363 g/mol. The lowest BCUT2D eigenvalue weighted by Gasteiger charge is -2.24. The van der Waals surface area contributed by atoms with Crippen LogP contribution in [0.4, 0.5) is 9.18 Å². The van der Waals surface area contributed by atoms with Crippen LogP contribution in [0.2, 0.25) is 0 Å². The minimum atomic E-state index is -0.516. The standard InChI is InChI=1S/C20H31FN4O3/c1-14(27-17-8-6-7-15(21)11-17)12-23-18(22-5)25-10-9-16(13-25)24-19(26)28-20(2,3)4/h6-8,11,14,16H,9-10,12-13H2,1-5H3,(H,22,23)(H,24,26). The first-order valence-corrected chi connectivity index (χ1v) is 9.53. The van der Waals surface area contributed by atoms with Gasteiger partial charge in [-0.1, -0.05) is 6.07 Å². The molecule has 156 valence electrons. The molecule has 2 rings (SSSR count). The van der Waals surface area contributed by atoms with Gasteiger partial charge >= 0.3 is 6.09 Å². The van der Waals surface area contributed by atoms with Crippen LogP contribution in [0, 0.1) is 5.82 Å². The highest BCUT2D eigenvalue weighted by atomic mass is 19.1. The van der Waals surface area contributed by atoms with Crippen molar-refractivity contribution in [3.8, 4) is 5.75 Å². The van der Waals surface area contributed by atoms with Crippen LogP contribution in [0.1, 0.15) is 34.1 Å². The number of likely N-dealkylation sites (tertiary alicyclic amines) is 1. The summed E-state index contributed by atoms with van der Waals surface area (Å²) in [6.07, 6.45) is 0.242. The number of hydrogen-bond donors (Lipinski definition) is 2. The van der Waals surface area contributed by atoms with Gasteiger partial charge in [0, 0.05) is 26.2 Å². The molecule has 0 aromatic heterocycles. The number of guanidine groups is 1. The number of amides is 1. The summed E-state index contributed by atoms with van der Waals surface area (Å²) in [4.78, 5) is 18.3. The largest absolute Gasteiger partial charge is 0.489 e. The molecule has 0 aliphatic carbocycles. The zero-order valence-corrected chi connectivity index (χ0v) is 17.3. The Hall–Kier alpha value is -2.51. The van der Waals surface area contributed by atoms with Crippen molar-refractivity contribution in [2.24, 2.45) is 4.99 Å². The number of halogens is 1. The molecule has 1 aliphatic rings. The van der Waals surface area contributed by atoms with Gasteiger partial charge in [-0.25, -0.2) is 9.18 Å². The van der Waals surface area contributed by atoms with Gasteiger partial charge in [0.1, 0.15) is 23.3 Å². The van der Waals surface area contributed by atoms with E-state index in [1.54, 1.807) is 19.2 Å². The van der Waals surface area contributed by atoms with Crippen LogP contribution in [0.5, 0.6) is 5.75 Å². The van der Waals surface area contributed by atoms with Gasteiger partial charge in [0.15, 0.2) is 5.96 Å². The number of nitrogens with zero attached hydrogens (tertiary/aromatic N) is 2. The Kier molecular flexibility index (Phi) is 7.48. The second-order valence-electron chi connectivity index (χ2n) is 7.89. The number of rotatable bonds is 5. The number of carbonyl (C=O) groups excluding carboxylic acids is 1. The van der Waals surface area contributed by atoms with Crippen molar-refractivity contribution in [3.05, 3.63) is 30.1 Å². The van der Waals surface area contributed by atoms with E-state index >= 15 is 0 Å². The molecular formula is C20H31FN4O3. The zero-order chi connectivity index (χ0) is 20.7. The first-order chi connectivity index (χ1) is 13.2. The number of carbonyl (C=O) groups is 1. The molecule has 0 bridgehead atoms. The average Bonchev–Trinajstić information content (AvgIpc) is 3.01. The molecule has 1 amide bonds. The fourth-order valence-electron chi connectivity index (χ4n) is 2.93. The van der Waals surface area contributed by atoms with Crippen molar-refractivity contribution in [1.82, 2.24) is 15.5 Å². The third-order valence-corrected chi connectivity index (χ3v) is 4.10. The molecule has 2 atom stereocenters. The lowest BCUT2D eigenvalue weighted by molar-refractivity contribution is 0.0507. The number of alkyl carbamates (subject to hydrolysis) is 1. The van der Waals surface area contributed by atoms with Crippen molar-refractivity contribution in [2.75, 3.05) is 26.7 Å². The maximum Gasteiger partial charge on any atom is 0.407 e. The molecule has 1 aromatic rings. The molecule has 0 radical (unpaired) electrons. The molecule has 8 heteroatoms. The zero-order valence-electron chi connectivity index (χ0n) is 17.3. The first kappa shape index (κ1) is 21.8. The SMILES string of the molecule is CN=C(NCC(C)Oc1cccc(F)c1)N1CCC(NC(=O)OC(C)(C)C)C1.